The molecule has 6 heteroatoms. The first-order valence-electron chi connectivity index (χ1n) is 9.24. The Morgan fingerprint density at radius 2 is 1.61 bits per heavy atom. The molecule has 0 spiro atoms. The van der Waals surface area contributed by atoms with E-state index < -0.39 is 16.1 Å². The lowest BCUT2D eigenvalue weighted by Gasteiger charge is -2.19. The van der Waals surface area contributed by atoms with Gasteiger partial charge in [-0.05, 0) is 59.7 Å². The summed E-state index contributed by atoms with van der Waals surface area (Å²) in [7, 11) is 0. The van der Waals surface area contributed by atoms with Crippen LogP contribution in [0.1, 0.15) is 44.6 Å². The van der Waals surface area contributed by atoms with Crippen LogP contribution in [0.4, 0.5) is 0 Å². The van der Waals surface area contributed by atoms with Crippen LogP contribution >= 0.6 is 0 Å². The molecule has 1 atom stereocenters. The highest BCUT2D eigenvalue weighted by atomic mass is 32.2. The van der Waals surface area contributed by atoms with E-state index in [0.717, 1.165) is 34.0 Å². The average molecular weight is 395 g/mol. The predicted molar refractivity (Wildman–Crippen MR) is 116 cm³/mol. The van der Waals surface area contributed by atoms with Crippen molar-refractivity contribution in [1.82, 2.24) is 14.8 Å². The van der Waals surface area contributed by atoms with Gasteiger partial charge in [0.25, 0.3) is 0 Å². The first kappa shape index (κ1) is 20.3. The zero-order valence-corrected chi connectivity index (χ0v) is 18.0. The van der Waals surface area contributed by atoms with E-state index in [9.17, 15) is 4.55 Å². The fourth-order valence-electron chi connectivity index (χ4n) is 2.92. The smallest absolute Gasteiger partial charge is 0.160 e. The molecule has 0 aliphatic rings. The average Bonchev–Trinajstić information content (AvgIpc) is 2.99. The van der Waals surface area contributed by atoms with Crippen LogP contribution in [0.3, 0.4) is 0 Å². The number of aromatic nitrogens is 3. The van der Waals surface area contributed by atoms with Crippen molar-refractivity contribution < 1.29 is 4.55 Å². The molecule has 146 valence electrons. The largest absolute Gasteiger partial charge is 0.591 e. The lowest BCUT2D eigenvalue weighted by molar-refractivity contribution is 0.561. The Kier molecular flexibility index (Phi) is 5.72. The molecule has 0 saturated heterocycles. The standard InChI is InChI=1S/C22H26N4OS/c1-15-12-13-16(2)26(15)20-14-19(17(3)25-28(27)22(4,5)6)21(24-23-20)18-10-8-7-9-11-18/h7-14H,1-6H3/b25-17+. The highest BCUT2D eigenvalue weighted by Gasteiger charge is 2.27. The monoisotopic (exact) mass is 394 g/mol. The van der Waals surface area contributed by atoms with Gasteiger partial charge in [0, 0.05) is 22.5 Å². The van der Waals surface area contributed by atoms with Gasteiger partial charge in [-0.1, -0.05) is 34.7 Å². The molecule has 0 amide bonds. The molecule has 0 N–H and O–H groups in total. The summed E-state index contributed by atoms with van der Waals surface area (Å²) in [5.41, 5.74) is 5.37. The molecule has 3 rings (SSSR count). The van der Waals surface area contributed by atoms with E-state index in [1.54, 1.807) is 0 Å². The Labute approximate surface area is 169 Å². The van der Waals surface area contributed by atoms with E-state index in [1.807, 2.05) is 77.9 Å². The van der Waals surface area contributed by atoms with Gasteiger partial charge < -0.3 is 9.12 Å². The number of hydrogen-bond acceptors (Lipinski definition) is 4. The minimum Gasteiger partial charge on any atom is -0.591 e. The van der Waals surface area contributed by atoms with Crippen LogP contribution in [0.5, 0.6) is 0 Å². The van der Waals surface area contributed by atoms with Crippen molar-refractivity contribution >= 4 is 17.1 Å². The predicted octanol–water partition coefficient (Wildman–Crippen LogP) is 4.82. The molecule has 1 aromatic carbocycles. The summed E-state index contributed by atoms with van der Waals surface area (Å²) in [6, 6.07) is 16.0. The van der Waals surface area contributed by atoms with Crippen LogP contribution in [-0.2, 0) is 11.4 Å². The number of nitrogens with zero attached hydrogens (tertiary/aromatic N) is 4. The second kappa shape index (κ2) is 7.89. The number of aryl methyl sites for hydroxylation is 2. The quantitative estimate of drug-likeness (QED) is 0.470. The van der Waals surface area contributed by atoms with Crippen molar-refractivity contribution in [3.8, 4) is 17.1 Å². The Hall–Kier alpha value is -2.44. The summed E-state index contributed by atoms with van der Waals surface area (Å²) < 4.78 is 18.7. The third kappa shape index (κ3) is 4.18. The Bertz CT molecular complexity index is 984. The van der Waals surface area contributed by atoms with Gasteiger partial charge in [-0.2, -0.15) is 0 Å². The van der Waals surface area contributed by atoms with Crippen LogP contribution < -0.4 is 0 Å². The minimum atomic E-state index is -1.35. The molecular formula is C22H26N4OS. The van der Waals surface area contributed by atoms with E-state index in [4.69, 9.17) is 0 Å². The van der Waals surface area contributed by atoms with Crippen LogP contribution in [0, 0.1) is 13.8 Å². The third-order valence-corrected chi connectivity index (χ3v) is 5.95. The summed E-state index contributed by atoms with van der Waals surface area (Å²) in [6.07, 6.45) is 0. The minimum absolute atomic E-state index is 0.426. The third-order valence-electron chi connectivity index (χ3n) is 4.46. The maximum atomic E-state index is 12.6. The van der Waals surface area contributed by atoms with E-state index in [0.29, 0.717) is 5.71 Å². The molecule has 0 aliphatic carbocycles. The summed E-state index contributed by atoms with van der Waals surface area (Å²) >= 11 is -1.35. The van der Waals surface area contributed by atoms with Gasteiger partial charge in [-0.25, -0.2) is 0 Å². The van der Waals surface area contributed by atoms with Gasteiger partial charge in [0.15, 0.2) is 5.82 Å². The molecule has 2 heterocycles. The van der Waals surface area contributed by atoms with E-state index in [1.165, 1.54) is 0 Å². The Morgan fingerprint density at radius 1 is 1.00 bits per heavy atom. The Balaban J connectivity index is 2.19. The SMILES string of the molecule is C/C(=N\[S+]([O-])C(C)(C)C)c1cc(-n2c(C)ccc2C)nnc1-c1ccccc1. The lowest BCUT2D eigenvalue weighted by Crippen LogP contribution is -2.27. The molecular weight excluding hydrogens is 368 g/mol. The second-order valence-electron chi connectivity index (χ2n) is 7.82. The van der Waals surface area contributed by atoms with Crippen molar-refractivity contribution in [2.45, 2.75) is 46.3 Å². The molecule has 0 aliphatic heterocycles. The summed E-state index contributed by atoms with van der Waals surface area (Å²) in [5, 5.41) is 9.00. The normalized spacial score (nSPS) is 13.6. The molecule has 0 saturated carbocycles. The van der Waals surface area contributed by atoms with Crippen LogP contribution in [-0.4, -0.2) is 29.8 Å². The maximum absolute atomic E-state index is 12.6. The molecule has 0 radical (unpaired) electrons. The number of rotatable bonds is 4. The lowest BCUT2D eigenvalue weighted by atomic mass is 10.0. The summed E-state index contributed by atoms with van der Waals surface area (Å²) in [4.78, 5) is 0. The second-order valence-corrected chi connectivity index (χ2v) is 9.73. The fraction of sp³-hybridized carbons (Fsp3) is 0.318. The highest BCUT2D eigenvalue weighted by molar-refractivity contribution is 7.91. The van der Waals surface area contributed by atoms with Gasteiger partial charge >= 0.3 is 0 Å². The molecule has 0 fully saturated rings. The molecule has 5 nitrogen and oxygen atoms in total. The number of benzene rings is 1. The van der Waals surface area contributed by atoms with Crippen LogP contribution in [0.25, 0.3) is 17.1 Å². The maximum Gasteiger partial charge on any atom is 0.160 e. The Morgan fingerprint density at radius 3 is 2.18 bits per heavy atom. The number of hydrogen-bond donors (Lipinski definition) is 0. The molecule has 2 aromatic heterocycles. The summed E-state index contributed by atoms with van der Waals surface area (Å²) in [5.74, 6) is 0.728. The van der Waals surface area contributed by atoms with Gasteiger partial charge in [0.1, 0.15) is 21.8 Å². The zero-order chi connectivity index (χ0) is 20.5. The van der Waals surface area contributed by atoms with E-state index >= 15 is 0 Å². The van der Waals surface area contributed by atoms with Crippen LogP contribution in [0.2, 0.25) is 0 Å². The van der Waals surface area contributed by atoms with E-state index in [2.05, 4.69) is 31.3 Å². The van der Waals surface area contributed by atoms with E-state index in [-0.39, 0.29) is 0 Å². The first-order chi connectivity index (χ1) is 13.2. The van der Waals surface area contributed by atoms with Crippen molar-refractivity contribution in [3.63, 3.8) is 0 Å². The van der Waals surface area contributed by atoms with Crippen molar-refractivity contribution in [2.24, 2.45) is 4.40 Å². The first-order valence-corrected chi connectivity index (χ1v) is 10.4. The van der Waals surface area contributed by atoms with Gasteiger partial charge in [0.05, 0.1) is 5.71 Å². The van der Waals surface area contributed by atoms with Gasteiger partial charge in [0.2, 0.25) is 0 Å². The van der Waals surface area contributed by atoms with Crippen LogP contribution in [0.15, 0.2) is 52.9 Å². The topological polar surface area (TPSA) is 66.1 Å². The van der Waals surface area contributed by atoms with Gasteiger partial charge in [-0.15, -0.1) is 10.2 Å². The highest BCUT2D eigenvalue weighted by Crippen LogP contribution is 2.26. The fourth-order valence-corrected chi connectivity index (χ4v) is 3.54. The van der Waals surface area contributed by atoms with Gasteiger partial charge in [-0.3, -0.25) is 0 Å². The van der Waals surface area contributed by atoms with Crippen molar-refractivity contribution in [2.75, 3.05) is 0 Å². The molecule has 28 heavy (non-hydrogen) atoms. The zero-order valence-electron chi connectivity index (χ0n) is 17.2. The van der Waals surface area contributed by atoms with Crippen molar-refractivity contribution in [3.05, 3.63) is 65.5 Å². The molecule has 1 unspecified atom stereocenters. The van der Waals surface area contributed by atoms with Crippen molar-refractivity contribution in [1.29, 1.82) is 0 Å². The molecule has 3 aromatic rings. The molecule has 0 bridgehead atoms. The summed E-state index contributed by atoms with van der Waals surface area (Å²) in [6.45, 7) is 11.7.